The van der Waals surface area contributed by atoms with Crippen molar-refractivity contribution in [2.45, 2.75) is 44.1 Å². The Hall–Kier alpha value is -1.55. The van der Waals surface area contributed by atoms with E-state index in [1.165, 1.54) is 36.8 Å². The van der Waals surface area contributed by atoms with Crippen LogP contribution in [-0.2, 0) is 11.2 Å². The minimum Gasteiger partial charge on any atom is -0.376 e. The van der Waals surface area contributed by atoms with E-state index < -0.39 is 0 Å². The molecule has 2 unspecified atom stereocenters. The summed E-state index contributed by atoms with van der Waals surface area (Å²) < 4.78 is 5.64. The molecule has 0 spiro atoms. The monoisotopic (exact) mass is 301 g/mol. The Labute approximate surface area is 133 Å². The van der Waals surface area contributed by atoms with Gasteiger partial charge in [0.05, 0.1) is 6.10 Å². The molecule has 1 fully saturated rings. The van der Waals surface area contributed by atoms with Gasteiger partial charge in [-0.25, -0.2) is 0 Å². The van der Waals surface area contributed by atoms with Crippen LogP contribution in [0, 0.1) is 0 Å². The van der Waals surface area contributed by atoms with Gasteiger partial charge in [-0.15, -0.1) is 0 Å². The van der Waals surface area contributed by atoms with Crippen molar-refractivity contribution in [1.82, 2.24) is 10.6 Å². The number of nitrogens with zero attached hydrogens (tertiary/aromatic N) is 1. The van der Waals surface area contributed by atoms with Crippen molar-refractivity contribution in [3.63, 3.8) is 0 Å². The third-order valence-corrected chi connectivity index (χ3v) is 4.75. The largest absolute Gasteiger partial charge is 0.376 e. The van der Waals surface area contributed by atoms with Crippen LogP contribution in [0.3, 0.4) is 0 Å². The molecular formula is C18H27N3O. The molecule has 22 heavy (non-hydrogen) atoms. The average molecular weight is 301 g/mol. The third-order valence-electron chi connectivity index (χ3n) is 4.75. The molecule has 2 N–H and O–H groups in total. The lowest BCUT2D eigenvalue weighted by Gasteiger charge is -2.26. The maximum atomic E-state index is 5.64. The van der Waals surface area contributed by atoms with E-state index in [0.717, 1.165) is 32.1 Å². The molecule has 1 saturated heterocycles. The van der Waals surface area contributed by atoms with E-state index in [9.17, 15) is 0 Å². The van der Waals surface area contributed by atoms with Crippen LogP contribution in [-0.4, -0.2) is 38.8 Å². The van der Waals surface area contributed by atoms with Crippen LogP contribution in [0.25, 0.3) is 0 Å². The predicted molar refractivity (Wildman–Crippen MR) is 90.5 cm³/mol. The molecule has 0 aromatic heterocycles. The van der Waals surface area contributed by atoms with Crippen LogP contribution < -0.4 is 10.6 Å². The first-order valence-corrected chi connectivity index (χ1v) is 8.50. The molecule has 1 aromatic rings. The SMILES string of the molecule is CN=C(NCC1CCCO1)NCC1CCCc2ccccc21. The summed E-state index contributed by atoms with van der Waals surface area (Å²) in [6.07, 6.45) is 6.43. The predicted octanol–water partition coefficient (Wildman–Crippen LogP) is 2.45. The van der Waals surface area contributed by atoms with Crippen LogP contribution in [0.2, 0.25) is 0 Å². The van der Waals surface area contributed by atoms with Gasteiger partial charge in [0.25, 0.3) is 0 Å². The van der Waals surface area contributed by atoms with Crippen molar-refractivity contribution in [2.24, 2.45) is 4.99 Å². The van der Waals surface area contributed by atoms with Crippen LogP contribution >= 0.6 is 0 Å². The van der Waals surface area contributed by atoms with E-state index in [1.807, 2.05) is 7.05 Å². The van der Waals surface area contributed by atoms with E-state index in [2.05, 4.69) is 39.9 Å². The van der Waals surface area contributed by atoms with E-state index in [0.29, 0.717) is 12.0 Å². The Morgan fingerprint density at radius 3 is 2.86 bits per heavy atom. The summed E-state index contributed by atoms with van der Waals surface area (Å²) in [5.41, 5.74) is 3.03. The number of nitrogens with one attached hydrogen (secondary N) is 2. The standard InChI is InChI=1S/C18H27N3O/c1-19-18(21-13-16-9-5-11-22-16)20-12-15-8-4-7-14-6-2-3-10-17(14)15/h2-3,6,10,15-16H,4-5,7-9,11-13H2,1H3,(H2,19,20,21). The summed E-state index contributed by atoms with van der Waals surface area (Å²) in [5, 5.41) is 6.88. The second-order valence-electron chi connectivity index (χ2n) is 6.26. The number of guanidine groups is 1. The van der Waals surface area contributed by atoms with Crippen LogP contribution in [0.5, 0.6) is 0 Å². The van der Waals surface area contributed by atoms with Crippen molar-refractivity contribution < 1.29 is 4.74 Å². The van der Waals surface area contributed by atoms with Crippen molar-refractivity contribution in [1.29, 1.82) is 0 Å². The van der Waals surface area contributed by atoms with Crippen molar-refractivity contribution in [2.75, 3.05) is 26.7 Å². The molecule has 120 valence electrons. The second kappa shape index (κ2) is 7.63. The molecule has 1 aromatic carbocycles. The zero-order valence-electron chi connectivity index (χ0n) is 13.5. The van der Waals surface area contributed by atoms with Gasteiger partial charge in [0.2, 0.25) is 0 Å². The molecule has 1 aliphatic carbocycles. The molecule has 1 aliphatic heterocycles. The number of hydrogen-bond acceptors (Lipinski definition) is 2. The molecule has 0 radical (unpaired) electrons. The van der Waals surface area contributed by atoms with Crippen LogP contribution in [0.4, 0.5) is 0 Å². The minimum atomic E-state index is 0.342. The topological polar surface area (TPSA) is 45.7 Å². The van der Waals surface area contributed by atoms with E-state index in [-0.39, 0.29) is 0 Å². The molecule has 0 amide bonds. The number of fused-ring (bicyclic) bond motifs is 1. The van der Waals surface area contributed by atoms with Gasteiger partial charge in [-0.05, 0) is 43.2 Å². The summed E-state index contributed by atoms with van der Waals surface area (Å²) in [6, 6.07) is 8.85. The highest BCUT2D eigenvalue weighted by molar-refractivity contribution is 5.79. The van der Waals surface area contributed by atoms with Gasteiger partial charge in [-0.2, -0.15) is 0 Å². The van der Waals surface area contributed by atoms with Gasteiger partial charge in [0.1, 0.15) is 0 Å². The average Bonchev–Trinajstić information content (AvgIpc) is 3.08. The Balaban J connectivity index is 1.50. The Morgan fingerprint density at radius 2 is 2.05 bits per heavy atom. The number of ether oxygens (including phenoxy) is 1. The highest BCUT2D eigenvalue weighted by Crippen LogP contribution is 2.30. The lowest BCUT2D eigenvalue weighted by atomic mass is 9.83. The molecular weight excluding hydrogens is 274 g/mol. The molecule has 2 aliphatic rings. The number of aryl methyl sites for hydroxylation is 1. The first-order valence-electron chi connectivity index (χ1n) is 8.50. The van der Waals surface area contributed by atoms with Gasteiger partial charge >= 0.3 is 0 Å². The molecule has 4 nitrogen and oxygen atoms in total. The van der Waals surface area contributed by atoms with Crippen molar-refractivity contribution in [3.8, 4) is 0 Å². The normalized spacial score (nSPS) is 24.9. The van der Waals surface area contributed by atoms with Gasteiger partial charge in [0.15, 0.2) is 5.96 Å². The zero-order chi connectivity index (χ0) is 15.2. The maximum Gasteiger partial charge on any atom is 0.191 e. The second-order valence-corrected chi connectivity index (χ2v) is 6.26. The van der Waals surface area contributed by atoms with E-state index in [4.69, 9.17) is 4.74 Å². The zero-order valence-corrected chi connectivity index (χ0v) is 13.5. The number of benzene rings is 1. The molecule has 0 saturated carbocycles. The van der Waals surface area contributed by atoms with Gasteiger partial charge in [0, 0.05) is 32.7 Å². The molecule has 1 heterocycles. The molecule has 0 bridgehead atoms. The quantitative estimate of drug-likeness (QED) is 0.663. The fraction of sp³-hybridized carbons (Fsp3) is 0.611. The lowest BCUT2D eigenvalue weighted by molar-refractivity contribution is 0.114. The Morgan fingerprint density at radius 1 is 1.18 bits per heavy atom. The molecule has 2 atom stereocenters. The van der Waals surface area contributed by atoms with E-state index in [1.54, 1.807) is 0 Å². The van der Waals surface area contributed by atoms with Gasteiger partial charge in [-0.3, -0.25) is 4.99 Å². The summed E-state index contributed by atoms with van der Waals surface area (Å²) in [5.74, 6) is 1.48. The highest BCUT2D eigenvalue weighted by atomic mass is 16.5. The number of rotatable bonds is 4. The lowest BCUT2D eigenvalue weighted by Crippen LogP contribution is -2.42. The van der Waals surface area contributed by atoms with E-state index >= 15 is 0 Å². The first kappa shape index (κ1) is 15.3. The number of aliphatic imine (C=N–C) groups is 1. The van der Waals surface area contributed by atoms with Gasteiger partial charge < -0.3 is 15.4 Å². The van der Waals surface area contributed by atoms with Crippen LogP contribution in [0.1, 0.15) is 42.7 Å². The highest BCUT2D eigenvalue weighted by Gasteiger charge is 2.20. The Kier molecular flexibility index (Phi) is 5.33. The fourth-order valence-corrected chi connectivity index (χ4v) is 3.52. The fourth-order valence-electron chi connectivity index (χ4n) is 3.52. The smallest absolute Gasteiger partial charge is 0.191 e. The third kappa shape index (κ3) is 3.80. The summed E-state index contributed by atoms with van der Waals surface area (Å²) in [4.78, 5) is 4.33. The van der Waals surface area contributed by atoms with Gasteiger partial charge in [-0.1, -0.05) is 24.3 Å². The first-order chi connectivity index (χ1) is 10.9. The summed E-state index contributed by atoms with van der Waals surface area (Å²) in [6.45, 7) is 2.69. The van der Waals surface area contributed by atoms with Crippen LogP contribution in [0.15, 0.2) is 29.3 Å². The number of hydrogen-bond donors (Lipinski definition) is 2. The van der Waals surface area contributed by atoms with Crippen molar-refractivity contribution >= 4 is 5.96 Å². The molecule has 4 heteroatoms. The maximum absolute atomic E-state index is 5.64. The van der Waals surface area contributed by atoms with Crippen molar-refractivity contribution in [3.05, 3.63) is 35.4 Å². The molecule has 3 rings (SSSR count). The minimum absolute atomic E-state index is 0.342. The summed E-state index contributed by atoms with van der Waals surface area (Å²) in [7, 11) is 1.83. The Bertz CT molecular complexity index is 509. The summed E-state index contributed by atoms with van der Waals surface area (Å²) >= 11 is 0.